The van der Waals surface area contributed by atoms with Gasteiger partial charge in [-0.15, -0.1) is 21.5 Å². The molecule has 0 amide bonds. The Balaban J connectivity index is 1.95. The molecular formula is C14H16F3N3S. The molecule has 0 saturated heterocycles. The maximum absolute atomic E-state index is 12.5. The predicted molar refractivity (Wildman–Crippen MR) is 76.4 cm³/mol. The van der Waals surface area contributed by atoms with Crippen LogP contribution in [0.2, 0.25) is 0 Å². The summed E-state index contributed by atoms with van der Waals surface area (Å²) in [6.45, 7) is 3.80. The molecule has 3 nitrogen and oxygen atoms in total. The Bertz CT molecular complexity index is 564. The molecule has 0 fully saturated rings. The molecule has 0 aliphatic carbocycles. The van der Waals surface area contributed by atoms with E-state index in [2.05, 4.69) is 15.5 Å². The van der Waals surface area contributed by atoms with Gasteiger partial charge in [-0.2, -0.15) is 13.2 Å². The lowest BCUT2D eigenvalue weighted by atomic mass is 10.1. The van der Waals surface area contributed by atoms with Gasteiger partial charge in [-0.25, -0.2) is 0 Å². The van der Waals surface area contributed by atoms with Crippen molar-refractivity contribution in [3.63, 3.8) is 0 Å². The van der Waals surface area contributed by atoms with Gasteiger partial charge in [-0.05, 0) is 24.2 Å². The summed E-state index contributed by atoms with van der Waals surface area (Å²) in [4.78, 5) is 0. The summed E-state index contributed by atoms with van der Waals surface area (Å²) in [6.07, 6.45) is -2.96. The molecule has 0 unspecified atom stereocenters. The minimum Gasteiger partial charge on any atom is -0.317 e. The molecule has 0 saturated carbocycles. The number of likely N-dealkylation sites (N-methyl/N-ethyl adjacent to an activating group) is 1. The molecule has 1 heterocycles. The summed E-state index contributed by atoms with van der Waals surface area (Å²) >= 11 is 1.50. The van der Waals surface area contributed by atoms with E-state index in [0.717, 1.165) is 47.2 Å². The lowest BCUT2D eigenvalue weighted by Gasteiger charge is -2.06. The molecule has 1 N–H and O–H groups in total. The number of nitrogens with zero attached hydrogens (tertiary/aromatic N) is 2. The number of rotatable bonds is 6. The number of hydrogen-bond donors (Lipinski definition) is 1. The molecule has 0 bridgehead atoms. The molecular weight excluding hydrogens is 299 g/mol. The van der Waals surface area contributed by atoms with Crippen molar-refractivity contribution >= 4 is 11.3 Å². The molecule has 0 aliphatic heterocycles. The second-order valence-electron chi connectivity index (χ2n) is 4.56. The van der Waals surface area contributed by atoms with Crippen LogP contribution >= 0.6 is 11.3 Å². The van der Waals surface area contributed by atoms with Crippen molar-refractivity contribution in [3.05, 3.63) is 45.4 Å². The van der Waals surface area contributed by atoms with E-state index in [0.29, 0.717) is 6.42 Å². The van der Waals surface area contributed by atoms with E-state index in [1.807, 2.05) is 6.92 Å². The smallest absolute Gasteiger partial charge is 0.317 e. The van der Waals surface area contributed by atoms with Gasteiger partial charge >= 0.3 is 6.18 Å². The Hall–Kier alpha value is -1.47. The maximum Gasteiger partial charge on any atom is 0.416 e. The highest BCUT2D eigenvalue weighted by Gasteiger charge is 2.29. The predicted octanol–water partition coefficient (Wildman–Crippen LogP) is 3.30. The van der Waals surface area contributed by atoms with E-state index in [1.165, 1.54) is 23.5 Å². The van der Waals surface area contributed by atoms with Gasteiger partial charge in [-0.1, -0.05) is 19.1 Å². The van der Waals surface area contributed by atoms with E-state index in [9.17, 15) is 13.2 Å². The Labute approximate surface area is 125 Å². The van der Waals surface area contributed by atoms with Gasteiger partial charge in [0, 0.05) is 19.4 Å². The van der Waals surface area contributed by atoms with Crippen molar-refractivity contribution in [2.45, 2.75) is 25.9 Å². The normalized spacial score (nSPS) is 11.8. The van der Waals surface area contributed by atoms with Crippen LogP contribution in [-0.4, -0.2) is 23.3 Å². The lowest BCUT2D eigenvalue weighted by molar-refractivity contribution is -0.137. The van der Waals surface area contributed by atoms with E-state index < -0.39 is 11.7 Å². The van der Waals surface area contributed by atoms with Crippen LogP contribution in [0.1, 0.15) is 28.1 Å². The van der Waals surface area contributed by atoms with Crippen LogP contribution < -0.4 is 5.32 Å². The Morgan fingerprint density at radius 1 is 1.10 bits per heavy atom. The SMILES string of the molecule is CCNCCc1nnc(Cc2ccc(C(F)(F)F)cc2)s1. The summed E-state index contributed by atoms with van der Waals surface area (Å²) in [5.41, 5.74) is 0.173. The molecule has 0 atom stereocenters. The fourth-order valence-corrected chi connectivity index (χ4v) is 2.70. The van der Waals surface area contributed by atoms with Gasteiger partial charge in [0.1, 0.15) is 10.0 Å². The zero-order valence-electron chi connectivity index (χ0n) is 11.6. The van der Waals surface area contributed by atoms with Crippen LogP contribution in [0.5, 0.6) is 0 Å². The van der Waals surface area contributed by atoms with Crippen LogP contribution in [0.25, 0.3) is 0 Å². The highest BCUT2D eigenvalue weighted by atomic mass is 32.1. The minimum absolute atomic E-state index is 0.511. The van der Waals surface area contributed by atoms with Crippen molar-refractivity contribution in [1.82, 2.24) is 15.5 Å². The Morgan fingerprint density at radius 2 is 1.76 bits per heavy atom. The van der Waals surface area contributed by atoms with Gasteiger partial charge < -0.3 is 5.32 Å². The highest BCUT2D eigenvalue weighted by Crippen LogP contribution is 2.29. The summed E-state index contributed by atoms with van der Waals surface area (Å²) in [6, 6.07) is 5.18. The zero-order valence-corrected chi connectivity index (χ0v) is 12.4. The highest BCUT2D eigenvalue weighted by molar-refractivity contribution is 7.11. The number of benzene rings is 1. The molecule has 0 radical (unpaired) electrons. The minimum atomic E-state index is -4.29. The Morgan fingerprint density at radius 3 is 2.38 bits per heavy atom. The van der Waals surface area contributed by atoms with Gasteiger partial charge in [0.15, 0.2) is 0 Å². The van der Waals surface area contributed by atoms with Crippen molar-refractivity contribution in [2.24, 2.45) is 0 Å². The quantitative estimate of drug-likeness (QED) is 0.831. The van der Waals surface area contributed by atoms with Gasteiger partial charge in [-0.3, -0.25) is 0 Å². The lowest BCUT2D eigenvalue weighted by Crippen LogP contribution is -2.15. The number of alkyl halides is 3. The summed E-state index contributed by atoms with van der Waals surface area (Å²) in [7, 11) is 0. The average Bonchev–Trinajstić information content (AvgIpc) is 2.86. The number of halogens is 3. The van der Waals surface area contributed by atoms with Gasteiger partial charge in [0.25, 0.3) is 0 Å². The molecule has 21 heavy (non-hydrogen) atoms. The van der Waals surface area contributed by atoms with Gasteiger partial charge in [0.05, 0.1) is 5.56 Å². The van der Waals surface area contributed by atoms with E-state index in [-0.39, 0.29) is 0 Å². The first-order valence-electron chi connectivity index (χ1n) is 6.67. The molecule has 2 aromatic rings. The largest absolute Gasteiger partial charge is 0.416 e. The third-order valence-corrected chi connectivity index (χ3v) is 3.89. The number of hydrogen-bond acceptors (Lipinski definition) is 4. The van der Waals surface area contributed by atoms with Crippen molar-refractivity contribution in [3.8, 4) is 0 Å². The Kier molecular flexibility index (Phi) is 5.30. The van der Waals surface area contributed by atoms with Crippen LogP contribution in [0.4, 0.5) is 13.2 Å². The van der Waals surface area contributed by atoms with Gasteiger partial charge in [0.2, 0.25) is 0 Å². The van der Waals surface area contributed by atoms with E-state index in [4.69, 9.17) is 0 Å². The standard InChI is InChI=1S/C14H16F3N3S/c1-2-18-8-7-12-19-20-13(21-12)9-10-3-5-11(6-4-10)14(15,16)17/h3-6,18H,2,7-9H2,1H3. The zero-order chi connectivity index (χ0) is 15.3. The van der Waals surface area contributed by atoms with Crippen LogP contribution in [0, 0.1) is 0 Å². The van der Waals surface area contributed by atoms with Crippen molar-refractivity contribution < 1.29 is 13.2 Å². The molecule has 2 rings (SSSR count). The van der Waals surface area contributed by atoms with Crippen LogP contribution in [0.3, 0.4) is 0 Å². The first kappa shape index (κ1) is 15.9. The second kappa shape index (κ2) is 7.00. The first-order valence-corrected chi connectivity index (χ1v) is 7.49. The van der Waals surface area contributed by atoms with Crippen molar-refractivity contribution in [2.75, 3.05) is 13.1 Å². The summed E-state index contributed by atoms with van der Waals surface area (Å²) in [5, 5.41) is 13.1. The third-order valence-electron chi connectivity index (χ3n) is 2.91. The fraction of sp³-hybridized carbons (Fsp3) is 0.429. The number of aromatic nitrogens is 2. The van der Waals surface area contributed by atoms with E-state index >= 15 is 0 Å². The average molecular weight is 315 g/mol. The summed E-state index contributed by atoms with van der Waals surface area (Å²) in [5.74, 6) is 0. The maximum atomic E-state index is 12.5. The second-order valence-corrected chi connectivity index (χ2v) is 5.71. The third kappa shape index (κ3) is 4.78. The van der Waals surface area contributed by atoms with Crippen LogP contribution in [-0.2, 0) is 19.0 Å². The monoisotopic (exact) mass is 315 g/mol. The number of nitrogens with one attached hydrogen (secondary N) is 1. The molecule has 1 aromatic carbocycles. The molecule has 1 aromatic heterocycles. The van der Waals surface area contributed by atoms with Crippen LogP contribution in [0.15, 0.2) is 24.3 Å². The molecule has 0 aliphatic rings. The summed E-state index contributed by atoms with van der Waals surface area (Å²) < 4.78 is 37.4. The molecule has 7 heteroatoms. The topological polar surface area (TPSA) is 37.8 Å². The first-order chi connectivity index (χ1) is 9.99. The van der Waals surface area contributed by atoms with E-state index in [1.54, 1.807) is 0 Å². The fourth-order valence-electron chi connectivity index (χ4n) is 1.82. The molecule has 114 valence electrons. The molecule has 0 spiro atoms. The van der Waals surface area contributed by atoms with Crippen molar-refractivity contribution in [1.29, 1.82) is 0 Å².